The van der Waals surface area contributed by atoms with E-state index in [-0.39, 0.29) is 6.03 Å². The fourth-order valence-electron chi connectivity index (χ4n) is 1.35. The fraction of sp³-hybridized carbons (Fsp3) is 0.300. The molecule has 0 atom stereocenters. The number of hydrogen-bond donors (Lipinski definition) is 1. The van der Waals surface area contributed by atoms with Gasteiger partial charge in [-0.15, -0.1) is 0 Å². The quantitative estimate of drug-likeness (QED) is 0.771. The lowest BCUT2D eigenvalue weighted by Gasteiger charge is -2.05. The molecule has 0 saturated heterocycles. The third-order valence-corrected chi connectivity index (χ3v) is 2.17. The van der Waals surface area contributed by atoms with Crippen molar-refractivity contribution in [3.05, 3.63) is 37.4 Å². The SMILES string of the molecule is O=C(NCCCn1ccnc1)n1ccnc1. The lowest BCUT2D eigenvalue weighted by molar-refractivity contribution is 0.242. The highest BCUT2D eigenvalue weighted by molar-refractivity contribution is 5.76. The van der Waals surface area contributed by atoms with Gasteiger partial charge in [-0.05, 0) is 6.42 Å². The van der Waals surface area contributed by atoms with Crippen LogP contribution in [0, 0.1) is 0 Å². The van der Waals surface area contributed by atoms with E-state index < -0.39 is 0 Å². The first kappa shape index (κ1) is 10.4. The molecule has 0 aliphatic rings. The zero-order valence-corrected chi connectivity index (χ0v) is 8.78. The average Bonchev–Trinajstić information content (AvgIpc) is 2.96. The minimum absolute atomic E-state index is 0.150. The standard InChI is InChI=1S/C10H13N5O/c16-10(15-7-4-12-9-15)13-2-1-5-14-6-3-11-8-14/h3-4,6-9H,1-2,5H2,(H,13,16). The van der Waals surface area contributed by atoms with E-state index in [1.807, 2.05) is 10.8 Å². The van der Waals surface area contributed by atoms with Crippen molar-refractivity contribution in [2.45, 2.75) is 13.0 Å². The van der Waals surface area contributed by atoms with Crippen LogP contribution in [-0.2, 0) is 6.54 Å². The Hall–Kier alpha value is -2.11. The van der Waals surface area contributed by atoms with Crippen LogP contribution in [0.2, 0.25) is 0 Å². The summed E-state index contributed by atoms with van der Waals surface area (Å²) in [6.45, 7) is 1.49. The molecular formula is C10H13N5O. The van der Waals surface area contributed by atoms with Gasteiger partial charge in [0.05, 0.1) is 6.33 Å². The monoisotopic (exact) mass is 219 g/mol. The molecule has 2 rings (SSSR count). The van der Waals surface area contributed by atoms with Gasteiger partial charge in [0.1, 0.15) is 6.33 Å². The smallest absolute Gasteiger partial charge is 0.326 e. The largest absolute Gasteiger partial charge is 0.337 e. The van der Waals surface area contributed by atoms with Gasteiger partial charge in [-0.3, -0.25) is 4.57 Å². The molecule has 16 heavy (non-hydrogen) atoms. The lowest BCUT2D eigenvalue weighted by atomic mass is 10.4. The van der Waals surface area contributed by atoms with E-state index in [1.54, 1.807) is 24.9 Å². The second-order valence-electron chi connectivity index (χ2n) is 3.36. The molecule has 0 saturated carbocycles. The van der Waals surface area contributed by atoms with Crippen LogP contribution < -0.4 is 5.32 Å². The van der Waals surface area contributed by atoms with E-state index in [9.17, 15) is 4.79 Å². The molecule has 0 spiro atoms. The summed E-state index contributed by atoms with van der Waals surface area (Å²) in [6.07, 6.45) is 10.9. The van der Waals surface area contributed by atoms with Gasteiger partial charge in [-0.2, -0.15) is 0 Å². The van der Waals surface area contributed by atoms with Crippen molar-refractivity contribution < 1.29 is 4.79 Å². The summed E-state index contributed by atoms with van der Waals surface area (Å²) < 4.78 is 3.39. The molecule has 6 nitrogen and oxygen atoms in total. The first-order valence-corrected chi connectivity index (χ1v) is 5.08. The van der Waals surface area contributed by atoms with Gasteiger partial charge in [-0.25, -0.2) is 14.8 Å². The van der Waals surface area contributed by atoms with E-state index in [1.165, 1.54) is 10.9 Å². The van der Waals surface area contributed by atoms with Gasteiger partial charge >= 0.3 is 6.03 Å². The van der Waals surface area contributed by atoms with Crippen LogP contribution in [0.1, 0.15) is 6.42 Å². The van der Waals surface area contributed by atoms with E-state index in [2.05, 4.69) is 15.3 Å². The van der Waals surface area contributed by atoms with Crippen LogP contribution in [0.5, 0.6) is 0 Å². The number of rotatable bonds is 4. The van der Waals surface area contributed by atoms with E-state index in [4.69, 9.17) is 0 Å². The maximum absolute atomic E-state index is 11.5. The second kappa shape index (κ2) is 5.11. The topological polar surface area (TPSA) is 64.7 Å². The summed E-state index contributed by atoms with van der Waals surface area (Å²) in [6, 6.07) is -0.150. The van der Waals surface area contributed by atoms with Crippen LogP contribution in [0.4, 0.5) is 4.79 Å². The number of nitrogens with zero attached hydrogens (tertiary/aromatic N) is 4. The molecule has 0 fully saturated rings. The number of hydrogen-bond acceptors (Lipinski definition) is 3. The molecule has 2 aromatic rings. The molecule has 1 amide bonds. The van der Waals surface area contributed by atoms with Crippen molar-refractivity contribution >= 4 is 6.03 Å². The van der Waals surface area contributed by atoms with Gasteiger partial charge in [0.25, 0.3) is 0 Å². The summed E-state index contributed by atoms with van der Waals surface area (Å²) in [4.78, 5) is 19.2. The third-order valence-electron chi connectivity index (χ3n) is 2.17. The van der Waals surface area contributed by atoms with Crippen LogP contribution in [-0.4, -0.2) is 31.7 Å². The average molecular weight is 219 g/mol. The highest BCUT2D eigenvalue weighted by Gasteiger charge is 2.01. The first-order chi connectivity index (χ1) is 7.86. The van der Waals surface area contributed by atoms with Crippen molar-refractivity contribution in [3.8, 4) is 0 Å². The Labute approximate surface area is 92.9 Å². The first-order valence-electron chi connectivity index (χ1n) is 5.08. The van der Waals surface area contributed by atoms with Crippen LogP contribution in [0.25, 0.3) is 0 Å². The molecule has 0 aromatic carbocycles. The Bertz CT molecular complexity index is 420. The summed E-state index contributed by atoms with van der Waals surface area (Å²) >= 11 is 0. The molecule has 0 aliphatic carbocycles. The van der Waals surface area contributed by atoms with Crippen molar-refractivity contribution in [1.82, 2.24) is 24.4 Å². The molecule has 6 heteroatoms. The molecule has 84 valence electrons. The summed E-state index contributed by atoms with van der Waals surface area (Å²) in [5.41, 5.74) is 0. The van der Waals surface area contributed by atoms with Gasteiger partial charge < -0.3 is 9.88 Å². The van der Waals surface area contributed by atoms with Crippen LogP contribution in [0.15, 0.2) is 37.4 Å². The van der Waals surface area contributed by atoms with Crippen molar-refractivity contribution in [2.24, 2.45) is 0 Å². The number of carbonyl (C=O) groups excluding carboxylic acids is 1. The van der Waals surface area contributed by atoms with Gasteiger partial charge in [0.2, 0.25) is 0 Å². The van der Waals surface area contributed by atoms with Crippen molar-refractivity contribution in [3.63, 3.8) is 0 Å². The molecule has 0 bridgehead atoms. The molecule has 0 unspecified atom stereocenters. The molecule has 2 heterocycles. The summed E-state index contributed by atoms with van der Waals surface area (Å²) in [7, 11) is 0. The Kier molecular flexibility index (Phi) is 3.32. The minimum Gasteiger partial charge on any atom is -0.337 e. The molecule has 1 N–H and O–H groups in total. The summed E-state index contributed by atoms with van der Waals surface area (Å²) in [5, 5.41) is 2.80. The number of nitrogens with one attached hydrogen (secondary N) is 1. The van der Waals surface area contributed by atoms with E-state index in [0.29, 0.717) is 6.54 Å². The number of aryl methyl sites for hydroxylation is 1. The molecular weight excluding hydrogens is 206 g/mol. The Morgan fingerprint density at radius 2 is 2.00 bits per heavy atom. The number of amides is 1. The minimum atomic E-state index is -0.150. The van der Waals surface area contributed by atoms with Gasteiger partial charge in [-0.1, -0.05) is 0 Å². The Morgan fingerprint density at radius 3 is 2.69 bits per heavy atom. The van der Waals surface area contributed by atoms with Gasteiger partial charge in [0.15, 0.2) is 0 Å². The Balaban J connectivity index is 1.67. The van der Waals surface area contributed by atoms with Crippen molar-refractivity contribution in [1.29, 1.82) is 0 Å². The maximum Gasteiger partial charge on any atom is 0.326 e. The van der Waals surface area contributed by atoms with Crippen molar-refractivity contribution in [2.75, 3.05) is 6.54 Å². The predicted molar refractivity (Wildman–Crippen MR) is 57.9 cm³/mol. The van der Waals surface area contributed by atoms with Gasteiger partial charge in [0, 0.05) is 37.9 Å². The molecule has 2 aromatic heterocycles. The predicted octanol–water partition coefficient (Wildman–Crippen LogP) is 0.728. The second-order valence-corrected chi connectivity index (χ2v) is 3.36. The number of imidazole rings is 2. The van der Waals surface area contributed by atoms with E-state index >= 15 is 0 Å². The third kappa shape index (κ3) is 2.69. The van der Waals surface area contributed by atoms with E-state index in [0.717, 1.165) is 13.0 Å². The van der Waals surface area contributed by atoms with Crippen LogP contribution in [0.3, 0.4) is 0 Å². The zero-order valence-electron chi connectivity index (χ0n) is 8.78. The normalized spacial score (nSPS) is 10.2. The molecule has 0 aliphatic heterocycles. The number of carbonyl (C=O) groups is 1. The Morgan fingerprint density at radius 1 is 1.19 bits per heavy atom. The van der Waals surface area contributed by atoms with Crippen LogP contribution >= 0.6 is 0 Å². The summed E-state index contributed by atoms with van der Waals surface area (Å²) in [5.74, 6) is 0. The zero-order chi connectivity index (χ0) is 11.2. The highest BCUT2D eigenvalue weighted by atomic mass is 16.2. The maximum atomic E-state index is 11.5. The molecule has 0 radical (unpaired) electrons. The highest BCUT2D eigenvalue weighted by Crippen LogP contribution is 1.90. The fourth-order valence-corrected chi connectivity index (χ4v) is 1.35. The lowest BCUT2D eigenvalue weighted by Crippen LogP contribution is -2.28. The number of aromatic nitrogens is 4.